The molecule has 26 heavy (non-hydrogen) atoms. The molecule has 2 fully saturated rings. The number of nitrogens with zero attached hydrogens (tertiary/aromatic N) is 6. The van der Waals surface area contributed by atoms with Gasteiger partial charge in [0.2, 0.25) is 5.91 Å². The largest absolute Gasteiger partial charge is 0.353 e. The summed E-state index contributed by atoms with van der Waals surface area (Å²) >= 11 is 0. The summed E-state index contributed by atoms with van der Waals surface area (Å²) in [6, 6.07) is 4.00. The summed E-state index contributed by atoms with van der Waals surface area (Å²) < 4.78 is 1.81. The lowest BCUT2D eigenvalue weighted by molar-refractivity contribution is -0.136. The Balaban J connectivity index is 1.35. The van der Waals surface area contributed by atoms with E-state index in [0.29, 0.717) is 5.91 Å². The van der Waals surface area contributed by atoms with Gasteiger partial charge in [0.15, 0.2) is 5.65 Å². The Bertz CT molecular complexity index is 743. The predicted octanol–water partition coefficient (Wildman–Crippen LogP) is 1.64. The van der Waals surface area contributed by atoms with E-state index in [-0.39, 0.29) is 6.04 Å². The minimum Gasteiger partial charge on any atom is -0.353 e. The Morgan fingerprint density at radius 1 is 1.00 bits per heavy atom. The van der Waals surface area contributed by atoms with Gasteiger partial charge < -0.3 is 9.80 Å². The van der Waals surface area contributed by atoms with Gasteiger partial charge in [0.25, 0.3) is 0 Å². The number of piperazine rings is 1. The molecule has 2 aromatic rings. The zero-order valence-corrected chi connectivity index (χ0v) is 15.5. The molecule has 7 nitrogen and oxygen atoms in total. The zero-order chi connectivity index (χ0) is 17.9. The van der Waals surface area contributed by atoms with Crippen LogP contribution in [-0.4, -0.2) is 75.6 Å². The van der Waals surface area contributed by atoms with Crippen LogP contribution < -0.4 is 4.90 Å². The second-order valence-corrected chi connectivity index (χ2v) is 7.36. The van der Waals surface area contributed by atoms with Gasteiger partial charge in [0, 0.05) is 51.7 Å². The first-order valence-electron chi connectivity index (χ1n) is 9.80. The Morgan fingerprint density at radius 2 is 1.73 bits per heavy atom. The number of amides is 1. The van der Waals surface area contributed by atoms with Crippen LogP contribution in [0.5, 0.6) is 0 Å². The molecule has 2 aliphatic heterocycles. The molecule has 0 radical (unpaired) electrons. The van der Waals surface area contributed by atoms with Gasteiger partial charge in [-0.2, -0.15) is 0 Å². The van der Waals surface area contributed by atoms with Crippen molar-refractivity contribution in [1.29, 1.82) is 0 Å². The molecule has 2 aromatic heterocycles. The molecule has 0 saturated carbocycles. The third kappa shape index (κ3) is 3.53. The summed E-state index contributed by atoms with van der Waals surface area (Å²) in [5, 5.41) is 4.63. The number of fused-ring (bicyclic) bond motifs is 1. The fourth-order valence-corrected chi connectivity index (χ4v) is 4.02. The fourth-order valence-electron chi connectivity index (χ4n) is 4.02. The van der Waals surface area contributed by atoms with Crippen molar-refractivity contribution in [2.24, 2.45) is 0 Å². The maximum absolute atomic E-state index is 12.9. The quantitative estimate of drug-likeness (QED) is 0.837. The molecule has 140 valence electrons. The number of rotatable bonds is 3. The molecule has 0 aliphatic carbocycles. The van der Waals surface area contributed by atoms with E-state index in [1.165, 1.54) is 12.8 Å². The van der Waals surface area contributed by atoms with Crippen LogP contribution in [0, 0.1) is 0 Å². The number of imidazole rings is 1. The number of anilines is 1. The smallest absolute Gasteiger partial charge is 0.239 e. The number of hydrogen-bond acceptors (Lipinski definition) is 5. The van der Waals surface area contributed by atoms with Crippen molar-refractivity contribution < 1.29 is 4.79 Å². The van der Waals surface area contributed by atoms with Gasteiger partial charge in [-0.25, -0.2) is 9.50 Å². The highest BCUT2D eigenvalue weighted by atomic mass is 16.2. The molecule has 1 atom stereocenters. The minimum atomic E-state index is -0.0284. The van der Waals surface area contributed by atoms with Crippen LogP contribution in [-0.2, 0) is 4.79 Å². The SMILES string of the molecule is CC(C(=O)N1CCCCCC1)N1CCN(c2ccc3nccn3n2)CC1. The van der Waals surface area contributed by atoms with Crippen LogP contribution in [0.1, 0.15) is 32.6 Å². The van der Waals surface area contributed by atoms with Gasteiger partial charge in [-0.1, -0.05) is 12.8 Å². The first-order chi connectivity index (χ1) is 12.7. The normalized spacial score (nSPS) is 21.0. The van der Waals surface area contributed by atoms with E-state index in [0.717, 1.165) is 63.6 Å². The average molecular weight is 356 g/mol. The third-order valence-corrected chi connectivity index (χ3v) is 5.70. The monoisotopic (exact) mass is 356 g/mol. The van der Waals surface area contributed by atoms with Crippen LogP contribution in [0.4, 0.5) is 5.82 Å². The molecule has 2 aliphatic rings. The second kappa shape index (κ2) is 7.61. The Kier molecular flexibility index (Phi) is 5.06. The van der Waals surface area contributed by atoms with Crippen molar-refractivity contribution in [2.45, 2.75) is 38.6 Å². The maximum atomic E-state index is 12.9. The molecule has 0 bridgehead atoms. The first-order valence-corrected chi connectivity index (χ1v) is 9.80. The molecule has 4 heterocycles. The summed E-state index contributed by atoms with van der Waals surface area (Å²) in [6.45, 7) is 7.50. The molecule has 2 saturated heterocycles. The number of aromatic nitrogens is 3. The highest BCUT2D eigenvalue weighted by Gasteiger charge is 2.29. The number of carbonyl (C=O) groups is 1. The predicted molar refractivity (Wildman–Crippen MR) is 101 cm³/mol. The fraction of sp³-hybridized carbons (Fsp3) is 0.632. The van der Waals surface area contributed by atoms with E-state index in [1.54, 1.807) is 6.20 Å². The highest BCUT2D eigenvalue weighted by Crippen LogP contribution is 2.17. The molecule has 1 amide bonds. The molecule has 0 aromatic carbocycles. The standard InChI is InChI=1S/C19H28N6O/c1-16(19(26)24-9-4-2-3-5-10-24)22-12-14-23(15-13-22)18-7-6-17-20-8-11-25(17)21-18/h6-8,11,16H,2-5,9-10,12-15H2,1H3. The molecule has 1 unspecified atom stereocenters. The van der Waals surface area contributed by atoms with Gasteiger partial charge in [0.1, 0.15) is 5.82 Å². The van der Waals surface area contributed by atoms with Gasteiger partial charge in [0.05, 0.1) is 6.04 Å². The van der Waals surface area contributed by atoms with Crippen molar-refractivity contribution in [2.75, 3.05) is 44.2 Å². The Morgan fingerprint density at radius 3 is 2.46 bits per heavy atom. The second-order valence-electron chi connectivity index (χ2n) is 7.36. The van der Waals surface area contributed by atoms with Crippen LogP contribution in [0.25, 0.3) is 5.65 Å². The van der Waals surface area contributed by atoms with Crippen LogP contribution in [0.3, 0.4) is 0 Å². The summed E-state index contributed by atoms with van der Waals surface area (Å²) in [5.74, 6) is 1.28. The van der Waals surface area contributed by atoms with Crippen LogP contribution >= 0.6 is 0 Å². The Hall–Kier alpha value is -2.15. The van der Waals surface area contributed by atoms with Gasteiger partial charge in [-0.15, -0.1) is 5.10 Å². The third-order valence-electron chi connectivity index (χ3n) is 5.70. The van der Waals surface area contributed by atoms with Crippen LogP contribution in [0.2, 0.25) is 0 Å². The molecule has 0 spiro atoms. The lowest BCUT2D eigenvalue weighted by atomic mass is 10.2. The van der Waals surface area contributed by atoms with E-state index in [4.69, 9.17) is 0 Å². The maximum Gasteiger partial charge on any atom is 0.239 e. The van der Waals surface area contributed by atoms with Crippen molar-refractivity contribution >= 4 is 17.4 Å². The molecule has 4 rings (SSSR count). The van der Waals surface area contributed by atoms with Crippen molar-refractivity contribution in [3.05, 3.63) is 24.5 Å². The van der Waals surface area contributed by atoms with E-state index >= 15 is 0 Å². The van der Waals surface area contributed by atoms with Gasteiger partial charge >= 0.3 is 0 Å². The van der Waals surface area contributed by atoms with Crippen molar-refractivity contribution in [3.63, 3.8) is 0 Å². The summed E-state index contributed by atoms with van der Waals surface area (Å²) in [7, 11) is 0. The number of carbonyl (C=O) groups excluding carboxylic acids is 1. The highest BCUT2D eigenvalue weighted by molar-refractivity contribution is 5.81. The zero-order valence-electron chi connectivity index (χ0n) is 15.5. The molecular formula is C19H28N6O. The van der Waals surface area contributed by atoms with E-state index in [9.17, 15) is 4.79 Å². The van der Waals surface area contributed by atoms with E-state index < -0.39 is 0 Å². The average Bonchev–Trinajstić information content (AvgIpc) is 2.99. The molecule has 7 heteroatoms. The van der Waals surface area contributed by atoms with Crippen molar-refractivity contribution in [3.8, 4) is 0 Å². The van der Waals surface area contributed by atoms with Gasteiger partial charge in [-0.05, 0) is 31.9 Å². The molecular weight excluding hydrogens is 328 g/mol. The number of hydrogen-bond donors (Lipinski definition) is 0. The number of likely N-dealkylation sites (tertiary alicyclic amines) is 1. The minimum absolute atomic E-state index is 0.0284. The van der Waals surface area contributed by atoms with Gasteiger partial charge in [-0.3, -0.25) is 9.69 Å². The van der Waals surface area contributed by atoms with E-state index in [2.05, 4.69) is 31.7 Å². The Labute approximate surface area is 154 Å². The van der Waals surface area contributed by atoms with Crippen LogP contribution in [0.15, 0.2) is 24.5 Å². The summed E-state index contributed by atoms with van der Waals surface area (Å²) in [6.07, 6.45) is 8.44. The van der Waals surface area contributed by atoms with E-state index in [1.807, 2.05) is 22.8 Å². The lowest BCUT2D eigenvalue weighted by Gasteiger charge is -2.39. The topological polar surface area (TPSA) is 57.0 Å². The summed E-state index contributed by atoms with van der Waals surface area (Å²) in [4.78, 5) is 23.8. The van der Waals surface area contributed by atoms with Crippen molar-refractivity contribution in [1.82, 2.24) is 24.4 Å². The first kappa shape index (κ1) is 17.3. The summed E-state index contributed by atoms with van der Waals surface area (Å²) in [5.41, 5.74) is 0.865. The molecule has 0 N–H and O–H groups in total. The lowest BCUT2D eigenvalue weighted by Crippen LogP contribution is -2.55.